The van der Waals surface area contributed by atoms with Gasteiger partial charge < -0.3 is 4.90 Å². The van der Waals surface area contributed by atoms with Crippen LogP contribution in [0.4, 0.5) is 8.78 Å². The summed E-state index contributed by atoms with van der Waals surface area (Å²) in [5.74, 6) is -2.37. The quantitative estimate of drug-likeness (QED) is 0.870. The van der Waals surface area contributed by atoms with Crippen LogP contribution in [0.1, 0.15) is 50.3 Å². The van der Waals surface area contributed by atoms with Crippen LogP contribution >= 0.6 is 0 Å². The number of H-pyrrole nitrogens is 2. The molecule has 122 valence electrons. The highest BCUT2D eigenvalue weighted by atomic mass is 19.3. The van der Waals surface area contributed by atoms with Gasteiger partial charge in [-0.25, -0.2) is 18.7 Å². The summed E-state index contributed by atoms with van der Waals surface area (Å²) in [6.07, 6.45) is 1.79. The van der Waals surface area contributed by atoms with E-state index in [9.17, 15) is 18.4 Å². The molecule has 3 rings (SSSR count). The van der Waals surface area contributed by atoms with Crippen molar-refractivity contribution in [3.8, 4) is 0 Å². The molecule has 2 fully saturated rings. The van der Waals surface area contributed by atoms with Crippen molar-refractivity contribution in [2.45, 2.75) is 50.4 Å². The molecule has 1 aromatic rings. The first-order chi connectivity index (χ1) is 10.4. The fourth-order valence-corrected chi connectivity index (χ4v) is 3.42. The Morgan fingerprint density at radius 1 is 1.27 bits per heavy atom. The number of hydrogen-bond acceptors (Lipinski definition) is 3. The number of aromatic nitrogens is 3. The molecular weight excluding hydrogens is 294 g/mol. The molecule has 0 aromatic carbocycles. The summed E-state index contributed by atoms with van der Waals surface area (Å²) in [5, 5.41) is 6.27. The van der Waals surface area contributed by atoms with Crippen molar-refractivity contribution in [2.75, 3.05) is 13.1 Å². The molecule has 0 radical (unpaired) electrons. The highest BCUT2D eigenvalue weighted by Gasteiger charge is 2.39. The minimum atomic E-state index is -2.62. The molecule has 1 aliphatic heterocycles. The Hall–Kier alpha value is -1.73. The lowest BCUT2D eigenvalue weighted by Gasteiger charge is -2.36. The molecule has 8 heteroatoms. The van der Waals surface area contributed by atoms with Gasteiger partial charge in [0.25, 0.3) is 0 Å². The van der Waals surface area contributed by atoms with E-state index >= 15 is 0 Å². The number of hydrogen-bond donors (Lipinski definition) is 2. The van der Waals surface area contributed by atoms with Crippen LogP contribution in [0.15, 0.2) is 4.79 Å². The maximum Gasteiger partial charge on any atom is 0.340 e. The van der Waals surface area contributed by atoms with Crippen LogP contribution in [0.25, 0.3) is 0 Å². The molecule has 1 unspecified atom stereocenters. The first-order valence-electron chi connectivity index (χ1n) is 7.76. The number of halogens is 2. The maximum atomic E-state index is 13.2. The number of carbonyl (C=O) groups is 1. The number of amides is 1. The number of nitrogens with one attached hydrogen (secondary N) is 2. The summed E-state index contributed by atoms with van der Waals surface area (Å²) < 4.78 is 26.4. The van der Waals surface area contributed by atoms with Crippen LogP contribution in [-0.2, 0) is 4.79 Å². The molecule has 1 atom stereocenters. The predicted molar refractivity (Wildman–Crippen MR) is 74.7 cm³/mol. The van der Waals surface area contributed by atoms with E-state index in [2.05, 4.69) is 15.2 Å². The van der Waals surface area contributed by atoms with E-state index in [-0.39, 0.29) is 49.1 Å². The molecule has 1 amide bonds. The summed E-state index contributed by atoms with van der Waals surface area (Å²) in [5.41, 5.74) is -0.354. The molecule has 2 aliphatic rings. The highest BCUT2D eigenvalue weighted by Crippen LogP contribution is 2.37. The number of aromatic amines is 2. The van der Waals surface area contributed by atoms with Crippen LogP contribution in [0.5, 0.6) is 0 Å². The summed E-state index contributed by atoms with van der Waals surface area (Å²) in [4.78, 5) is 28.0. The Bertz CT molecular complexity index is 588. The van der Waals surface area contributed by atoms with Gasteiger partial charge >= 0.3 is 5.69 Å². The monoisotopic (exact) mass is 314 g/mol. The van der Waals surface area contributed by atoms with Gasteiger partial charge in [-0.05, 0) is 25.7 Å². The van der Waals surface area contributed by atoms with Crippen LogP contribution in [0, 0.1) is 5.92 Å². The van der Waals surface area contributed by atoms with Crippen molar-refractivity contribution in [2.24, 2.45) is 5.92 Å². The third-order valence-corrected chi connectivity index (χ3v) is 4.71. The number of nitrogens with zero attached hydrogens (tertiary/aromatic N) is 2. The summed E-state index contributed by atoms with van der Waals surface area (Å²) in [7, 11) is 0. The molecule has 1 saturated carbocycles. The molecule has 1 saturated heterocycles. The standard InChI is InChI=1S/C14H20F2N4O2/c15-14(16)5-3-9(4-6-14)12(21)20-7-1-2-10(8-20)11-17-13(22)19-18-11/h9-10H,1-8H2,(H2,17,18,19,22). The lowest BCUT2D eigenvalue weighted by atomic mass is 9.85. The molecule has 0 spiro atoms. The van der Waals surface area contributed by atoms with E-state index in [4.69, 9.17) is 0 Å². The Kier molecular flexibility index (Phi) is 4.01. The second-order valence-electron chi connectivity index (χ2n) is 6.32. The molecule has 1 aromatic heterocycles. The van der Waals surface area contributed by atoms with Gasteiger partial charge in [0, 0.05) is 37.8 Å². The van der Waals surface area contributed by atoms with Gasteiger partial charge in [-0.15, -0.1) is 0 Å². The fraction of sp³-hybridized carbons (Fsp3) is 0.786. The Morgan fingerprint density at radius 2 is 2.00 bits per heavy atom. The molecule has 22 heavy (non-hydrogen) atoms. The number of piperidine rings is 1. The SMILES string of the molecule is O=C(C1CCC(F)(F)CC1)N1CCCC(c2n[nH]c(=O)[nH]2)C1. The minimum absolute atomic E-state index is 0.00156. The zero-order chi connectivity index (χ0) is 15.7. The molecular formula is C14H20F2N4O2. The third kappa shape index (κ3) is 3.20. The van der Waals surface area contributed by atoms with Gasteiger partial charge in [0.05, 0.1) is 0 Å². The average molecular weight is 314 g/mol. The zero-order valence-corrected chi connectivity index (χ0v) is 12.3. The van der Waals surface area contributed by atoms with Crippen molar-refractivity contribution in [3.63, 3.8) is 0 Å². The van der Waals surface area contributed by atoms with Crippen molar-refractivity contribution >= 4 is 5.91 Å². The molecule has 0 bridgehead atoms. The second kappa shape index (κ2) is 5.81. The predicted octanol–water partition coefficient (Wildman–Crippen LogP) is 1.63. The van der Waals surface area contributed by atoms with Crippen molar-refractivity contribution < 1.29 is 13.6 Å². The number of rotatable bonds is 2. The number of likely N-dealkylation sites (tertiary alicyclic amines) is 1. The van der Waals surface area contributed by atoms with E-state index in [1.54, 1.807) is 4.90 Å². The number of alkyl halides is 2. The van der Waals surface area contributed by atoms with E-state index in [0.717, 1.165) is 12.8 Å². The summed E-state index contributed by atoms with van der Waals surface area (Å²) >= 11 is 0. The lowest BCUT2D eigenvalue weighted by Crippen LogP contribution is -2.44. The Labute approximate surface area is 126 Å². The first-order valence-corrected chi connectivity index (χ1v) is 7.76. The average Bonchev–Trinajstić information content (AvgIpc) is 2.93. The van der Waals surface area contributed by atoms with Gasteiger partial charge in [-0.2, -0.15) is 5.10 Å². The van der Waals surface area contributed by atoms with Crippen LogP contribution in [0.2, 0.25) is 0 Å². The molecule has 2 N–H and O–H groups in total. The molecule has 6 nitrogen and oxygen atoms in total. The molecule has 2 heterocycles. The zero-order valence-electron chi connectivity index (χ0n) is 12.3. The fourth-order valence-electron chi connectivity index (χ4n) is 3.42. The maximum absolute atomic E-state index is 13.2. The van der Waals surface area contributed by atoms with Gasteiger partial charge in [-0.1, -0.05) is 0 Å². The van der Waals surface area contributed by atoms with E-state index in [1.807, 2.05) is 0 Å². The summed E-state index contributed by atoms with van der Waals surface area (Å²) in [6.45, 7) is 1.14. The van der Waals surface area contributed by atoms with Crippen molar-refractivity contribution in [1.82, 2.24) is 20.1 Å². The van der Waals surface area contributed by atoms with Gasteiger partial charge in [0.2, 0.25) is 11.8 Å². The Morgan fingerprint density at radius 3 is 2.64 bits per heavy atom. The van der Waals surface area contributed by atoms with E-state index in [0.29, 0.717) is 18.9 Å². The van der Waals surface area contributed by atoms with Gasteiger partial charge in [0.15, 0.2) is 0 Å². The van der Waals surface area contributed by atoms with Gasteiger partial charge in [-0.3, -0.25) is 9.78 Å². The van der Waals surface area contributed by atoms with Crippen molar-refractivity contribution in [3.05, 3.63) is 16.3 Å². The smallest absolute Gasteiger partial charge is 0.340 e. The van der Waals surface area contributed by atoms with Crippen LogP contribution in [0.3, 0.4) is 0 Å². The summed E-state index contributed by atoms with van der Waals surface area (Å²) in [6, 6.07) is 0. The van der Waals surface area contributed by atoms with E-state index in [1.165, 1.54) is 0 Å². The van der Waals surface area contributed by atoms with Crippen LogP contribution in [-0.4, -0.2) is 45.0 Å². The normalized spacial score (nSPS) is 26.1. The van der Waals surface area contributed by atoms with Gasteiger partial charge in [0.1, 0.15) is 5.82 Å². The Balaban J connectivity index is 1.62. The van der Waals surface area contributed by atoms with E-state index < -0.39 is 5.92 Å². The minimum Gasteiger partial charge on any atom is -0.342 e. The number of carbonyl (C=O) groups excluding carboxylic acids is 1. The lowest BCUT2D eigenvalue weighted by molar-refractivity contribution is -0.140. The second-order valence-corrected chi connectivity index (χ2v) is 6.32. The molecule has 1 aliphatic carbocycles. The largest absolute Gasteiger partial charge is 0.342 e. The van der Waals surface area contributed by atoms with Crippen molar-refractivity contribution in [1.29, 1.82) is 0 Å². The first kappa shape index (κ1) is 15.2. The van der Waals surface area contributed by atoms with Crippen LogP contribution < -0.4 is 5.69 Å². The third-order valence-electron chi connectivity index (χ3n) is 4.71. The highest BCUT2D eigenvalue weighted by molar-refractivity contribution is 5.79. The topological polar surface area (TPSA) is 81.8 Å².